The molecule has 1 aliphatic rings. The molecule has 6 heteroatoms. The molecule has 2 amide bonds. The number of hydrogen-bond acceptors (Lipinski definition) is 4. The maximum absolute atomic E-state index is 12.5. The normalized spacial score (nSPS) is 17.1. The third kappa shape index (κ3) is 5.44. The lowest BCUT2D eigenvalue weighted by Crippen LogP contribution is -2.33. The number of nitrogens with one attached hydrogen (secondary N) is 1. The van der Waals surface area contributed by atoms with E-state index in [2.05, 4.69) is 12.2 Å². The predicted molar refractivity (Wildman–Crippen MR) is 110 cm³/mol. The zero-order chi connectivity index (χ0) is 20.8. The minimum Gasteiger partial charge on any atom is -0.452 e. The summed E-state index contributed by atoms with van der Waals surface area (Å²) in [6, 6.07) is 17.2. The Morgan fingerprint density at radius 3 is 2.45 bits per heavy atom. The van der Waals surface area contributed by atoms with Gasteiger partial charge in [-0.25, -0.2) is 0 Å². The van der Waals surface area contributed by atoms with Gasteiger partial charge in [0.05, 0.1) is 5.92 Å². The molecular weight excluding hydrogens is 368 g/mol. The second kappa shape index (κ2) is 9.37. The van der Waals surface area contributed by atoms with Crippen molar-refractivity contribution in [3.63, 3.8) is 0 Å². The van der Waals surface area contributed by atoms with E-state index in [1.165, 1.54) is 12.5 Å². The summed E-state index contributed by atoms with van der Waals surface area (Å²) in [5.74, 6) is -1.54. The zero-order valence-corrected chi connectivity index (χ0v) is 16.8. The van der Waals surface area contributed by atoms with Crippen molar-refractivity contribution >= 4 is 23.5 Å². The molecule has 1 aliphatic heterocycles. The van der Waals surface area contributed by atoms with Crippen LogP contribution in [0.3, 0.4) is 0 Å². The Labute approximate surface area is 170 Å². The Hall–Kier alpha value is -3.15. The van der Waals surface area contributed by atoms with E-state index in [1.807, 2.05) is 54.6 Å². The molecule has 1 saturated heterocycles. The molecule has 1 heterocycles. The van der Waals surface area contributed by atoms with Crippen molar-refractivity contribution in [2.24, 2.45) is 5.92 Å². The average molecular weight is 394 g/mol. The monoisotopic (exact) mass is 394 g/mol. The molecule has 2 aromatic rings. The predicted octanol–water partition coefficient (Wildman–Crippen LogP) is 3.17. The quantitative estimate of drug-likeness (QED) is 0.732. The Morgan fingerprint density at radius 1 is 1.10 bits per heavy atom. The molecule has 2 unspecified atom stereocenters. The summed E-state index contributed by atoms with van der Waals surface area (Å²) < 4.78 is 5.33. The first-order chi connectivity index (χ1) is 14.0. The van der Waals surface area contributed by atoms with Crippen molar-refractivity contribution in [2.45, 2.75) is 39.3 Å². The van der Waals surface area contributed by atoms with Crippen LogP contribution in [0.5, 0.6) is 0 Å². The highest BCUT2D eigenvalue weighted by molar-refractivity contribution is 5.95. The van der Waals surface area contributed by atoms with E-state index in [1.54, 1.807) is 4.90 Å². The van der Waals surface area contributed by atoms with Crippen molar-refractivity contribution in [3.8, 4) is 0 Å². The third-order valence-corrected chi connectivity index (χ3v) is 5.06. The number of aryl methyl sites for hydroxylation is 1. The second-order valence-electron chi connectivity index (χ2n) is 7.28. The third-order valence-electron chi connectivity index (χ3n) is 5.06. The van der Waals surface area contributed by atoms with Gasteiger partial charge < -0.3 is 15.0 Å². The van der Waals surface area contributed by atoms with Crippen LogP contribution < -0.4 is 5.32 Å². The van der Waals surface area contributed by atoms with Gasteiger partial charge in [0.25, 0.3) is 5.91 Å². The van der Waals surface area contributed by atoms with Crippen LogP contribution in [0, 0.1) is 5.92 Å². The van der Waals surface area contributed by atoms with Crippen LogP contribution in [0.25, 0.3) is 0 Å². The van der Waals surface area contributed by atoms with Gasteiger partial charge in [-0.15, -0.1) is 0 Å². The van der Waals surface area contributed by atoms with E-state index >= 15 is 0 Å². The summed E-state index contributed by atoms with van der Waals surface area (Å²) >= 11 is 0. The first kappa shape index (κ1) is 20.6. The van der Waals surface area contributed by atoms with Gasteiger partial charge in [0.15, 0.2) is 6.10 Å². The lowest BCUT2D eigenvalue weighted by molar-refractivity contribution is -0.157. The molecule has 0 saturated carbocycles. The van der Waals surface area contributed by atoms with Crippen LogP contribution in [-0.2, 0) is 32.1 Å². The molecular formula is C23H26N2O4. The highest BCUT2D eigenvalue weighted by Crippen LogP contribution is 2.22. The molecule has 152 valence electrons. The summed E-state index contributed by atoms with van der Waals surface area (Å²) in [5, 5.41) is 2.75. The van der Waals surface area contributed by atoms with Crippen LogP contribution in [0.1, 0.15) is 31.4 Å². The number of ether oxygens (including phenoxy) is 1. The Bertz CT molecular complexity index is 864. The second-order valence-corrected chi connectivity index (χ2v) is 7.28. The summed E-state index contributed by atoms with van der Waals surface area (Å²) in [6.07, 6.45) is 0.0916. The smallest absolute Gasteiger partial charge is 0.312 e. The molecule has 0 spiro atoms. The summed E-state index contributed by atoms with van der Waals surface area (Å²) in [4.78, 5) is 38.7. The summed E-state index contributed by atoms with van der Waals surface area (Å²) in [7, 11) is 0. The number of benzene rings is 2. The number of rotatable bonds is 7. The lowest BCUT2D eigenvalue weighted by Gasteiger charge is -2.18. The largest absolute Gasteiger partial charge is 0.452 e. The van der Waals surface area contributed by atoms with Crippen LogP contribution >= 0.6 is 0 Å². The minimum absolute atomic E-state index is 0.0797. The van der Waals surface area contributed by atoms with Gasteiger partial charge in [-0.2, -0.15) is 0 Å². The standard InChI is InChI=1S/C23H26N2O4/c1-3-17-9-11-20(12-10-17)24-22(27)16(2)29-23(28)19-13-21(26)25(15-19)14-18-7-5-4-6-8-18/h4-12,16,19H,3,13-15H2,1-2H3,(H,24,27). The molecule has 0 radical (unpaired) electrons. The minimum atomic E-state index is -0.938. The van der Waals surface area contributed by atoms with Gasteiger partial charge in [0, 0.05) is 25.2 Å². The number of amides is 2. The van der Waals surface area contributed by atoms with E-state index in [0.717, 1.165) is 12.0 Å². The number of likely N-dealkylation sites (tertiary alicyclic amines) is 1. The molecule has 6 nitrogen and oxygen atoms in total. The fourth-order valence-electron chi connectivity index (χ4n) is 3.28. The van der Waals surface area contributed by atoms with Crippen molar-refractivity contribution in [3.05, 3.63) is 65.7 Å². The maximum atomic E-state index is 12.5. The Kier molecular flexibility index (Phi) is 6.65. The number of nitrogens with zero attached hydrogens (tertiary/aromatic N) is 1. The highest BCUT2D eigenvalue weighted by atomic mass is 16.5. The molecule has 0 aromatic heterocycles. The van der Waals surface area contributed by atoms with E-state index in [0.29, 0.717) is 18.8 Å². The number of anilines is 1. The molecule has 1 N–H and O–H groups in total. The fraction of sp³-hybridized carbons (Fsp3) is 0.348. The van der Waals surface area contributed by atoms with E-state index in [4.69, 9.17) is 4.74 Å². The molecule has 1 fully saturated rings. The Morgan fingerprint density at radius 2 is 1.79 bits per heavy atom. The lowest BCUT2D eigenvalue weighted by atomic mass is 10.1. The van der Waals surface area contributed by atoms with Crippen LogP contribution in [0.4, 0.5) is 5.69 Å². The molecule has 2 atom stereocenters. The van der Waals surface area contributed by atoms with Crippen molar-refractivity contribution < 1.29 is 19.1 Å². The number of carbonyl (C=O) groups is 3. The van der Waals surface area contributed by atoms with Crippen LogP contribution in [-0.4, -0.2) is 35.3 Å². The van der Waals surface area contributed by atoms with Crippen molar-refractivity contribution in [2.75, 3.05) is 11.9 Å². The van der Waals surface area contributed by atoms with Gasteiger partial charge in [-0.3, -0.25) is 14.4 Å². The maximum Gasteiger partial charge on any atom is 0.312 e. The Balaban J connectivity index is 1.51. The molecule has 3 rings (SSSR count). The van der Waals surface area contributed by atoms with E-state index < -0.39 is 23.9 Å². The first-order valence-electron chi connectivity index (χ1n) is 9.88. The summed E-state index contributed by atoms with van der Waals surface area (Å²) in [5.41, 5.74) is 2.84. The highest BCUT2D eigenvalue weighted by Gasteiger charge is 2.36. The van der Waals surface area contributed by atoms with Crippen LogP contribution in [0.2, 0.25) is 0 Å². The van der Waals surface area contributed by atoms with Crippen molar-refractivity contribution in [1.29, 1.82) is 0 Å². The van der Waals surface area contributed by atoms with E-state index in [-0.39, 0.29) is 12.3 Å². The topological polar surface area (TPSA) is 75.7 Å². The molecule has 2 aromatic carbocycles. The first-order valence-corrected chi connectivity index (χ1v) is 9.88. The van der Waals surface area contributed by atoms with Crippen LogP contribution in [0.15, 0.2) is 54.6 Å². The molecule has 29 heavy (non-hydrogen) atoms. The van der Waals surface area contributed by atoms with Gasteiger partial charge >= 0.3 is 5.97 Å². The summed E-state index contributed by atoms with van der Waals surface area (Å²) in [6.45, 7) is 4.36. The molecule has 0 bridgehead atoms. The van der Waals surface area contributed by atoms with Gasteiger partial charge in [0.1, 0.15) is 0 Å². The van der Waals surface area contributed by atoms with Gasteiger partial charge in [-0.05, 0) is 36.6 Å². The molecule has 0 aliphatic carbocycles. The van der Waals surface area contributed by atoms with Gasteiger partial charge in [0.2, 0.25) is 5.91 Å². The number of carbonyl (C=O) groups excluding carboxylic acids is 3. The average Bonchev–Trinajstić information content (AvgIpc) is 3.09. The SMILES string of the molecule is CCc1ccc(NC(=O)C(C)OC(=O)C2CC(=O)N(Cc3ccccc3)C2)cc1. The van der Waals surface area contributed by atoms with Gasteiger partial charge in [-0.1, -0.05) is 49.4 Å². The number of hydrogen-bond donors (Lipinski definition) is 1. The van der Waals surface area contributed by atoms with E-state index in [9.17, 15) is 14.4 Å². The number of esters is 1. The fourth-order valence-corrected chi connectivity index (χ4v) is 3.28. The zero-order valence-electron chi connectivity index (χ0n) is 16.8. The van der Waals surface area contributed by atoms with Crippen molar-refractivity contribution in [1.82, 2.24) is 4.90 Å².